The van der Waals surface area contributed by atoms with E-state index in [1.807, 2.05) is 0 Å². The molecular weight excluding hydrogens is 607 g/mol. The van der Waals surface area contributed by atoms with E-state index in [9.17, 15) is 0 Å². The van der Waals surface area contributed by atoms with Crippen LogP contribution in [0.15, 0.2) is 200 Å². The van der Waals surface area contributed by atoms with Crippen molar-refractivity contribution in [2.45, 2.75) is 0 Å². The molecule has 3 nitrogen and oxygen atoms in total. The minimum atomic E-state index is 0.882. The number of rotatable bonds is 7. The Labute approximate surface area is 292 Å². The third-order valence-corrected chi connectivity index (χ3v) is 9.33. The SMILES string of the molecule is c1ccc(-c2nc(-c3cccc(N(c4ccc5ccccc5c4)c4ccc5ccccc5c4)c3)n(-c3ccccc3)c2-c2ccccc2)cc1. The number of nitrogens with zero attached hydrogens (tertiary/aromatic N) is 3. The third-order valence-electron chi connectivity index (χ3n) is 9.33. The first-order valence-electron chi connectivity index (χ1n) is 17.0. The second kappa shape index (κ2) is 12.7. The molecule has 3 heteroatoms. The van der Waals surface area contributed by atoms with Gasteiger partial charge in [0, 0.05) is 39.4 Å². The Hall–Kier alpha value is -6.71. The summed E-state index contributed by atoms with van der Waals surface area (Å²) < 4.78 is 2.31. The van der Waals surface area contributed by atoms with Gasteiger partial charge in [-0.3, -0.25) is 4.57 Å². The fourth-order valence-electron chi connectivity index (χ4n) is 6.96. The van der Waals surface area contributed by atoms with Crippen molar-refractivity contribution < 1.29 is 0 Å². The molecule has 0 saturated heterocycles. The molecule has 9 aromatic rings. The summed E-state index contributed by atoms with van der Waals surface area (Å²) in [6.45, 7) is 0. The Morgan fingerprint density at radius 2 is 0.840 bits per heavy atom. The molecule has 0 fully saturated rings. The van der Waals surface area contributed by atoms with Crippen molar-refractivity contribution in [1.82, 2.24) is 9.55 Å². The maximum Gasteiger partial charge on any atom is 0.145 e. The first-order valence-corrected chi connectivity index (χ1v) is 17.0. The normalized spacial score (nSPS) is 11.2. The van der Waals surface area contributed by atoms with E-state index >= 15 is 0 Å². The maximum absolute atomic E-state index is 5.48. The molecule has 0 N–H and O–H groups in total. The van der Waals surface area contributed by atoms with Gasteiger partial charge in [-0.25, -0.2) is 4.98 Å². The molecule has 0 amide bonds. The lowest BCUT2D eigenvalue weighted by Crippen LogP contribution is -2.10. The summed E-state index contributed by atoms with van der Waals surface area (Å²) in [5.74, 6) is 0.882. The fraction of sp³-hybridized carbons (Fsp3) is 0. The van der Waals surface area contributed by atoms with Crippen molar-refractivity contribution in [3.05, 3.63) is 200 Å². The van der Waals surface area contributed by atoms with Gasteiger partial charge in [-0.1, -0.05) is 152 Å². The molecule has 0 radical (unpaired) electrons. The van der Waals surface area contributed by atoms with Gasteiger partial charge >= 0.3 is 0 Å². The Morgan fingerprint density at radius 3 is 1.44 bits per heavy atom. The highest BCUT2D eigenvalue weighted by Crippen LogP contribution is 2.42. The van der Waals surface area contributed by atoms with Crippen molar-refractivity contribution in [3.8, 4) is 39.6 Å². The first kappa shape index (κ1) is 29.4. The van der Waals surface area contributed by atoms with Crippen molar-refractivity contribution in [1.29, 1.82) is 0 Å². The lowest BCUT2D eigenvalue weighted by atomic mass is 10.0. The highest BCUT2D eigenvalue weighted by atomic mass is 15.1. The van der Waals surface area contributed by atoms with E-state index < -0.39 is 0 Å². The van der Waals surface area contributed by atoms with Crippen LogP contribution < -0.4 is 4.90 Å². The Bertz CT molecular complexity index is 2510. The fourth-order valence-corrected chi connectivity index (χ4v) is 6.96. The zero-order valence-corrected chi connectivity index (χ0v) is 27.4. The lowest BCUT2D eigenvalue weighted by molar-refractivity contribution is 1.07. The van der Waals surface area contributed by atoms with Crippen LogP contribution in [0.25, 0.3) is 61.1 Å². The minimum absolute atomic E-state index is 0.882. The number of para-hydroxylation sites is 1. The smallest absolute Gasteiger partial charge is 0.145 e. The summed E-state index contributed by atoms with van der Waals surface area (Å²) in [5.41, 5.74) is 9.52. The van der Waals surface area contributed by atoms with Crippen molar-refractivity contribution >= 4 is 38.6 Å². The van der Waals surface area contributed by atoms with Crippen LogP contribution in [-0.4, -0.2) is 9.55 Å². The van der Waals surface area contributed by atoms with Crippen LogP contribution in [0.2, 0.25) is 0 Å². The van der Waals surface area contributed by atoms with Gasteiger partial charge in [-0.2, -0.15) is 0 Å². The zero-order chi connectivity index (χ0) is 33.3. The van der Waals surface area contributed by atoms with Crippen LogP contribution in [0.4, 0.5) is 17.1 Å². The number of hydrogen-bond donors (Lipinski definition) is 0. The van der Waals surface area contributed by atoms with Gasteiger partial charge in [0.1, 0.15) is 5.82 Å². The molecule has 50 heavy (non-hydrogen) atoms. The molecule has 0 unspecified atom stereocenters. The predicted octanol–water partition coefficient (Wildman–Crippen LogP) is 12.6. The van der Waals surface area contributed by atoms with Crippen LogP contribution in [0.1, 0.15) is 0 Å². The molecule has 1 heterocycles. The summed E-state index contributed by atoms with van der Waals surface area (Å²) in [5, 5.41) is 4.84. The molecule has 0 saturated carbocycles. The topological polar surface area (TPSA) is 21.1 Å². The van der Waals surface area contributed by atoms with Gasteiger partial charge < -0.3 is 4.90 Å². The average molecular weight is 640 g/mol. The minimum Gasteiger partial charge on any atom is -0.310 e. The maximum atomic E-state index is 5.48. The lowest BCUT2D eigenvalue weighted by Gasteiger charge is -2.27. The van der Waals surface area contributed by atoms with E-state index in [4.69, 9.17) is 4.98 Å². The van der Waals surface area contributed by atoms with E-state index in [1.54, 1.807) is 0 Å². The van der Waals surface area contributed by atoms with E-state index in [0.717, 1.165) is 56.7 Å². The Balaban J connectivity index is 1.28. The van der Waals surface area contributed by atoms with Crippen LogP contribution in [-0.2, 0) is 0 Å². The molecule has 0 aliphatic rings. The zero-order valence-electron chi connectivity index (χ0n) is 27.4. The summed E-state index contributed by atoms with van der Waals surface area (Å²) in [7, 11) is 0. The molecule has 1 aromatic heterocycles. The summed E-state index contributed by atoms with van der Waals surface area (Å²) >= 11 is 0. The third kappa shape index (κ3) is 5.41. The number of benzene rings is 8. The predicted molar refractivity (Wildman–Crippen MR) is 210 cm³/mol. The quantitative estimate of drug-likeness (QED) is 0.173. The van der Waals surface area contributed by atoms with Crippen LogP contribution in [0.5, 0.6) is 0 Å². The molecule has 9 rings (SSSR count). The molecule has 0 aliphatic heterocycles. The van der Waals surface area contributed by atoms with Crippen LogP contribution in [0, 0.1) is 0 Å². The monoisotopic (exact) mass is 639 g/mol. The summed E-state index contributed by atoms with van der Waals surface area (Å²) in [6.07, 6.45) is 0. The number of imidazole rings is 1. The van der Waals surface area contributed by atoms with Gasteiger partial charge in [0.15, 0.2) is 0 Å². The summed E-state index contributed by atoms with van der Waals surface area (Å²) in [4.78, 5) is 7.83. The number of hydrogen-bond acceptors (Lipinski definition) is 2. The second-order valence-corrected chi connectivity index (χ2v) is 12.5. The Kier molecular flexibility index (Phi) is 7.49. The highest BCUT2D eigenvalue weighted by molar-refractivity contribution is 5.93. The highest BCUT2D eigenvalue weighted by Gasteiger charge is 2.23. The average Bonchev–Trinajstić information content (AvgIpc) is 3.60. The van der Waals surface area contributed by atoms with Gasteiger partial charge in [-0.15, -0.1) is 0 Å². The number of aromatic nitrogens is 2. The van der Waals surface area contributed by atoms with E-state index in [-0.39, 0.29) is 0 Å². The van der Waals surface area contributed by atoms with Gasteiger partial charge in [0.2, 0.25) is 0 Å². The van der Waals surface area contributed by atoms with Crippen molar-refractivity contribution in [3.63, 3.8) is 0 Å². The van der Waals surface area contributed by atoms with E-state index in [1.165, 1.54) is 21.5 Å². The van der Waals surface area contributed by atoms with Crippen LogP contribution >= 0.6 is 0 Å². The summed E-state index contributed by atoms with van der Waals surface area (Å²) in [6, 6.07) is 71.0. The second-order valence-electron chi connectivity index (χ2n) is 12.5. The van der Waals surface area contributed by atoms with E-state index in [0.29, 0.717) is 0 Å². The van der Waals surface area contributed by atoms with Gasteiger partial charge in [0.25, 0.3) is 0 Å². The van der Waals surface area contributed by atoms with Crippen molar-refractivity contribution in [2.75, 3.05) is 4.90 Å². The van der Waals surface area contributed by atoms with Gasteiger partial charge in [-0.05, 0) is 70.1 Å². The van der Waals surface area contributed by atoms with Gasteiger partial charge in [0.05, 0.1) is 11.4 Å². The molecule has 0 atom stereocenters. The molecule has 0 bridgehead atoms. The number of anilines is 3. The molecule has 0 spiro atoms. The largest absolute Gasteiger partial charge is 0.310 e. The molecule has 8 aromatic carbocycles. The first-order chi connectivity index (χ1) is 24.8. The molecule has 236 valence electrons. The van der Waals surface area contributed by atoms with Crippen molar-refractivity contribution in [2.24, 2.45) is 0 Å². The number of fused-ring (bicyclic) bond motifs is 2. The molecular formula is C47H33N3. The standard InChI is InChI=1S/C47H33N3/c1-4-17-36(18-5-1)45-46(37-19-6-2-7-20-37)50(41-24-8-3-9-25-41)47(48-45)40-23-14-26-42(33-40)49(43-29-27-34-15-10-12-21-38(34)31-43)44-30-28-35-16-11-13-22-39(35)32-44/h1-33H. The molecule has 0 aliphatic carbocycles. The Morgan fingerprint density at radius 1 is 0.360 bits per heavy atom. The van der Waals surface area contributed by atoms with Crippen LogP contribution in [0.3, 0.4) is 0 Å². The van der Waals surface area contributed by atoms with E-state index in [2.05, 4.69) is 210 Å².